The molecular weight excluding hydrogens is 296 g/mol. The summed E-state index contributed by atoms with van der Waals surface area (Å²) in [7, 11) is 0. The van der Waals surface area contributed by atoms with Crippen molar-refractivity contribution in [3.63, 3.8) is 0 Å². The molecule has 112 valence electrons. The van der Waals surface area contributed by atoms with Crippen LogP contribution in [-0.4, -0.2) is 18.1 Å². The second kappa shape index (κ2) is 6.23. The number of nitrogens with one attached hydrogen (secondary N) is 2. The van der Waals surface area contributed by atoms with Gasteiger partial charge in [-0.3, -0.25) is 9.59 Å². The highest BCUT2D eigenvalue weighted by atomic mass is 32.2. The lowest BCUT2D eigenvalue weighted by Crippen LogP contribution is -2.19. The number of hydrogen-bond donors (Lipinski definition) is 2. The summed E-state index contributed by atoms with van der Waals surface area (Å²) in [4.78, 5) is 24.7. The zero-order chi connectivity index (χ0) is 15.5. The first kappa shape index (κ1) is 14.7. The Morgan fingerprint density at radius 1 is 1.14 bits per heavy atom. The molecule has 1 aliphatic heterocycles. The molecule has 2 aromatic carbocycles. The van der Waals surface area contributed by atoms with Gasteiger partial charge in [0.1, 0.15) is 0 Å². The van der Waals surface area contributed by atoms with E-state index in [1.165, 1.54) is 0 Å². The van der Waals surface area contributed by atoms with Crippen molar-refractivity contribution < 1.29 is 9.59 Å². The molecule has 1 aliphatic rings. The Hall–Kier alpha value is -2.27. The van der Waals surface area contributed by atoms with Crippen molar-refractivity contribution in [2.24, 2.45) is 0 Å². The van der Waals surface area contributed by atoms with Crippen LogP contribution in [0.2, 0.25) is 0 Å². The van der Waals surface area contributed by atoms with Crippen LogP contribution in [-0.2, 0) is 11.2 Å². The Balaban J connectivity index is 1.75. The number of aryl methyl sites for hydroxylation is 1. The molecule has 0 aromatic heterocycles. The maximum atomic E-state index is 12.2. The summed E-state index contributed by atoms with van der Waals surface area (Å²) in [5, 5.41) is 5.73. The summed E-state index contributed by atoms with van der Waals surface area (Å²) in [6.07, 6.45) is 3.19. The van der Waals surface area contributed by atoms with Gasteiger partial charge in [0, 0.05) is 28.3 Å². The molecule has 0 spiro atoms. The van der Waals surface area contributed by atoms with Crippen molar-refractivity contribution in [2.45, 2.75) is 17.7 Å². The van der Waals surface area contributed by atoms with E-state index in [0.717, 1.165) is 21.8 Å². The van der Waals surface area contributed by atoms with Crippen LogP contribution in [0.4, 0.5) is 11.4 Å². The zero-order valence-electron chi connectivity index (χ0n) is 12.2. The minimum Gasteiger partial charge on any atom is -0.326 e. The standard InChI is InChI=1S/C17H16N2O2S/c1-22-14-6-2-11(3-7-14)17(21)18-13-5-8-15-12(10-13)4-9-16(20)19-15/h2-3,5-8,10H,4,9H2,1H3,(H,18,21)(H,19,20). The van der Waals surface area contributed by atoms with Crippen LogP contribution in [0.25, 0.3) is 0 Å². The fraction of sp³-hybridized carbons (Fsp3) is 0.176. The summed E-state index contributed by atoms with van der Waals surface area (Å²) in [5.74, 6) is -0.0920. The van der Waals surface area contributed by atoms with Crippen molar-refractivity contribution in [3.05, 3.63) is 53.6 Å². The van der Waals surface area contributed by atoms with Gasteiger partial charge in [0.05, 0.1) is 0 Å². The normalized spacial score (nSPS) is 13.2. The number of carbonyl (C=O) groups excluding carboxylic acids is 2. The van der Waals surface area contributed by atoms with E-state index in [0.29, 0.717) is 18.4 Å². The molecule has 3 rings (SSSR count). The Kier molecular flexibility index (Phi) is 4.15. The van der Waals surface area contributed by atoms with Gasteiger partial charge < -0.3 is 10.6 Å². The van der Waals surface area contributed by atoms with Gasteiger partial charge in [0.25, 0.3) is 5.91 Å². The van der Waals surface area contributed by atoms with E-state index in [-0.39, 0.29) is 11.8 Å². The van der Waals surface area contributed by atoms with E-state index in [1.54, 1.807) is 17.8 Å². The van der Waals surface area contributed by atoms with Crippen LogP contribution < -0.4 is 10.6 Å². The molecule has 0 fully saturated rings. The fourth-order valence-electron chi connectivity index (χ4n) is 2.41. The minimum atomic E-state index is -0.132. The average Bonchev–Trinajstić information content (AvgIpc) is 2.55. The lowest BCUT2D eigenvalue weighted by atomic mass is 10.0. The summed E-state index contributed by atoms with van der Waals surface area (Å²) >= 11 is 1.64. The molecule has 0 bridgehead atoms. The summed E-state index contributed by atoms with van der Waals surface area (Å²) in [5.41, 5.74) is 3.26. The van der Waals surface area contributed by atoms with Gasteiger partial charge in [-0.2, -0.15) is 0 Å². The molecule has 1 heterocycles. The van der Waals surface area contributed by atoms with Gasteiger partial charge in [0.2, 0.25) is 5.91 Å². The van der Waals surface area contributed by atoms with Gasteiger partial charge in [-0.25, -0.2) is 0 Å². The van der Waals surface area contributed by atoms with Crippen molar-refractivity contribution in [2.75, 3.05) is 16.9 Å². The third-order valence-corrected chi connectivity index (χ3v) is 4.35. The van der Waals surface area contributed by atoms with E-state index in [9.17, 15) is 9.59 Å². The van der Waals surface area contributed by atoms with Crippen molar-refractivity contribution >= 4 is 35.0 Å². The Bertz CT molecular complexity index is 726. The smallest absolute Gasteiger partial charge is 0.255 e. The van der Waals surface area contributed by atoms with Crippen molar-refractivity contribution in [3.8, 4) is 0 Å². The first-order valence-electron chi connectivity index (χ1n) is 7.04. The monoisotopic (exact) mass is 312 g/mol. The average molecular weight is 312 g/mol. The molecule has 4 nitrogen and oxygen atoms in total. The molecule has 2 amide bonds. The number of benzene rings is 2. The number of rotatable bonds is 3. The van der Waals surface area contributed by atoms with Crippen LogP contribution >= 0.6 is 11.8 Å². The minimum absolute atomic E-state index is 0.0400. The third kappa shape index (κ3) is 3.14. The number of fused-ring (bicyclic) bond motifs is 1. The number of hydrogen-bond acceptors (Lipinski definition) is 3. The summed E-state index contributed by atoms with van der Waals surface area (Å²) in [6, 6.07) is 13.1. The van der Waals surface area contributed by atoms with E-state index in [1.807, 2.05) is 42.7 Å². The van der Waals surface area contributed by atoms with Gasteiger partial charge in [0.15, 0.2) is 0 Å². The SMILES string of the molecule is CSc1ccc(C(=O)Nc2ccc3c(c2)CCC(=O)N3)cc1. The highest BCUT2D eigenvalue weighted by Gasteiger charge is 2.15. The van der Waals surface area contributed by atoms with Crippen LogP contribution in [0.15, 0.2) is 47.4 Å². The Labute approximate surface area is 133 Å². The van der Waals surface area contributed by atoms with E-state index in [2.05, 4.69) is 10.6 Å². The molecule has 2 aromatic rings. The molecule has 5 heteroatoms. The molecular formula is C17H16N2O2S. The highest BCUT2D eigenvalue weighted by molar-refractivity contribution is 7.98. The molecule has 0 aliphatic carbocycles. The Morgan fingerprint density at radius 2 is 1.91 bits per heavy atom. The second-order valence-electron chi connectivity index (χ2n) is 5.10. The highest BCUT2D eigenvalue weighted by Crippen LogP contribution is 2.26. The fourth-order valence-corrected chi connectivity index (χ4v) is 2.82. The predicted octanol–water partition coefficient (Wildman–Crippen LogP) is 3.55. The van der Waals surface area contributed by atoms with E-state index < -0.39 is 0 Å². The molecule has 0 atom stereocenters. The summed E-state index contributed by atoms with van der Waals surface area (Å²) in [6.45, 7) is 0. The molecule has 0 radical (unpaired) electrons. The molecule has 0 unspecified atom stereocenters. The van der Waals surface area contributed by atoms with Crippen LogP contribution in [0.5, 0.6) is 0 Å². The Morgan fingerprint density at radius 3 is 2.64 bits per heavy atom. The molecule has 0 saturated carbocycles. The first-order valence-corrected chi connectivity index (χ1v) is 8.26. The van der Waals surface area contributed by atoms with Gasteiger partial charge in [-0.1, -0.05) is 0 Å². The maximum absolute atomic E-state index is 12.2. The second-order valence-corrected chi connectivity index (χ2v) is 5.98. The van der Waals surface area contributed by atoms with Crippen LogP contribution in [0.1, 0.15) is 22.3 Å². The van der Waals surface area contributed by atoms with Crippen LogP contribution in [0, 0.1) is 0 Å². The topological polar surface area (TPSA) is 58.2 Å². The van der Waals surface area contributed by atoms with Gasteiger partial charge in [-0.15, -0.1) is 11.8 Å². The number of thioether (sulfide) groups is 1. The van der Waals surface area contributed by atoms with Crippen LogP contribution in [0.3, 0.4) is 0 Å². The summed E-state index contributed by atoms with van der Waals surface area (Å²) < 4.78 is 0. The lowest BCUT2D eigenvalue weighted by Gasteiger charge is -2.17. The zero-order valence-corrected chi connectivity index (χ0v) is 13.0. The van der Waals surface area contributed by atoms with Crippen molar-refractivity contribution in [1.82, 2.24) is 0 Å². The third-order valence-electron chi connectivity index (χ3n) is 3.61. The van der Waals surface area contributed by atoms with E-state index in [4.69, 9.17) is 0 Å². The van der Waals surface area contributed by atoms with Crippen molar-refractivity contribution in [1.29, 1.82) is 0 Å². The predicted molar refractivity (Wildman–Crippen MR) is 89.6 cm³/mol. The number of anilines is 2. The molecule has 2 N–H and O–H groups in total. The first-order chi connectivity index (χ1) is 10.7. The quantitative estimate of drug-likeness (QED) is 0.852. The largest absolute Gasteiger partial charge is 0.326 e. The lowest BCUT2D eigenvalue weighted by molar-refractivity contribution is -0.116. The van der Waals surface area contributed by atoms with Gasteiger partial charge >= 0.3 is 0 Å². The number of carbonyl (C=O) groups is 2. The number of amides is 2. The van der Waals surface area contributed by atoms with E-state index >= 15 is 0 Å². The molecule has 22 heavy (non-hydrogen) atoms. The molecule has 0 saturated heterocycles. The maximum Gasteiger partial charge on any atom is 0.255 e. The van der Waals surface area contributed by atoms with Gasteiger partial charge in [-0.05, 0) is 60.7 Å².